The average Bonchev–Trinajstić information content (AvgIpc) is 3.13. The van der Waals surface area contributed by atoms with E-state index in [1.807, 2.05) is 12.1 Å². The van der Waals surface area contributed by atoms with Crippen LogP contribution in [0.3, 0.4) is 0 Å². The van der Waals surface area contributed by atoms with Crippen LogP contribution in [0.15, 0.2) is 36.9 Å². The standard InChI is InChI=1S/C20H21Cl2N8OP/c1-31-9-8-30-18(22)15(11-26-30)28-20-25-10-12(21)19(29-20)27-14-5-4-13-16(17(14)32(2)3)24-7-6-23-13/h4-7,10-11H,8-9H2,1-3H3,(H2,25,27,28,29). The molecule has 0 radical (unpaired) electrons. The number of anilines is 4. The van der Waals surface area contributed by atoms with Crippen LogP contribution in [0.1, 0.15) is 0 Å². The number of rotatable bonds is 8. The van der Waals surface area contributed by atoms with Crippen molar-refractivity contribution in [2.24, 2.45) is 0 Å². The van der Waals surface area contributed by atoms with E-state index in [9.17, 15) is 0 Å². The monoisotopic (exact) mass is 490 g/mol. The predicted molar refractivity (Wildman–Crippen MR) is 131 cm³/mol. The summed E-state index contributed by atoms with van der Waals surface area (Å²) in [5.41, 5.74) is 3.18. The van der Waals surface area contributed by atoms with Crippen LogP contribution < -0.4 is 15.9 Å². The van der Waals surface area contributed by atoms with Gasteiger partial charge in [0.15, 0.2) is 11.0 Å². The minimum Gasteiger partial charge on any atom is -0.383 e. The van der Waals surface area contributed by atoms with Crippen LogP contribution in [0, 0.1) is 0 Å². The number of nitrogens with one attached hydrogen (secondary N) is 2. The molecule has 32 heavy (non-hydrogen) atoms. The topological polar surface area (TPSA) is 103 Å². The number of nitrogens with zero attached hydrogens (tertiary/aromatic N) is 6. The van der Waals surface area contributed by atoms with Crippen molar-refractivity contribution in [3.05, 3.63) is 47.1 Å². The molecule has 0 atom stereocenters. The fourth-order valence-electron chi connectivity index (χ4n) is 3.13. The highest BCUT2D eigenvalue weighted by atomic mass is 35.5. The first-order valence-electron chi connectivity index (χ1n) is 9.65. The SMILES string of the molecule is COCCn1ncc(Nc2ncc(Cl)c(Nc3ccc4nccnc4c3P(C)C)n2)c1Cl. The summed E-state index contributed by atoms with van der Waals surface area (Å²) < 4.78 is 6.71. The summed E-state index contributed by atoms with van der Waals surface area (Å²) in [6.07, 6.45) is 6.54. The number of ether oxygens (including phenoxy) is 1. The van der Waals surface area contributed by atoms with E-state index in [4.69, 9.17) is 27.9 Å². The lowest BCUT2D eigenvalue weighted by molar-refractivity contribution is 0.183. The summed E-state index contributed by atoms with van der Waals surface area (Å²) in [4.78, 5) is 17.8. The van der Waals surface area contributed by atoms with Crippen LogP contribution in [-0.4, -0.2) is 56.8 Å². The molecule has 2 N–H and O–H groups in total. The van der Waals surface area contributed by atoms with Gasteiger partial charge >= 0.3 is 0 Å². The average molecular weight is 491 g/mol. The molecule has 0 aliphatic rings. The molecular formula is C20H21Cl2N8OP. The molecule has 3 aromatic heterocycles. The van der Waals surface area contributed by atoms with Gasteiger partial charge in [-0.2, -0.15) is 10.1 Å². The van der Waals surface area contributed by atoms with Gasteiger partial charge in [-0.15, -0.1) is 0 Å². The number of hydrogen-bond acceptors (Lipinski definition) is 8. The summed E-state index contributed by atoms with van der Waals surface area (Å²) in [5.74, 6) is 0.802. The summed E-state index contributed by atoms with van der Waals surface area (Å²) in [7, 11) is 1.14. The van der Waals surface area contributed by atoms with E-state index in [1.165, 1.54) is 6.20 Å². The molecule has 0 aliphatic carbocycles. The molecule has 3 heterocycles. The lowest BCUT2D eigenvalue weighted by atomic mass is 10.2. The minimum absolute atomic E-state index is 0.336. The van der Waals surface area contributed by atoms with E-state index in [2.05, 4.69) is 49.0 Å². The van der Waals surface area contributed by atoms with Gasteiger partial charge in [0.25, 0.3) is 0 Å². The Hall–Kier alpha value is -2.58. The molecule has 4 rings (SSSR count). The second-order valence-electron chi connectivity index (χ2n) is 6.99. The van der Waals surface area contributed by atoms with Crippen molar-refractivity contribution in [3.63, 3.8) is 0 Å². The zero-order valence-corrected chi connectivity index (χ0v) is 20.1. The fraction of sp³-hybridized carbons (Fsp3) is 0.250. The third-order valence-corrected chi connectivity index (χ3v) is 6.61. The maximum Gasteiger partial charge on any atom is 0.229 e. The van der Waals surface area contributed by atoms with Crippen molar-refractivity contribution in [2.45, 2.75) is 6.54 Å². The number of hydrogen-bond donors (Lipinski definition) is 2. The van der Waals surface area contributed by atoms with Crippen LogP contribution in [0.2, 0.25) is 10.2 Å². The normalized spacial score (nSPS) is 11.3. The zero-order chi connectivity index (χ0) is 22.7. The second-order valence-corrected chi connectivity index (χ2v) is 9.99. The van der Waals surface area contributed by atoms with Gasteiger partial charge in [-0.3, -0.25) is 9.97 Å². The first-order chi connectivity index (χ1) is 15.5. The lowest BCUT2D eigenvalue weighted by Crippen LogP contribution is -2.12. The van der Waals surface area contributed by atoms with Gasteiger partial charge in [0.1, 0.15) is 5.02 Å². The molecule has 0 amide bonds. The highest BCUT2D eigenvalue weighted by molar-refractivity contribution is 7.65. The molecule has 0 spiro atoms. The molecule has 4 aromatic rings. The van der Waals surface area contributed by atoms with Gasteiger partial charge in [0.05, 0.1) is 42.3 Å². The maximum absolute atomic E-state index is 6.40. The van der Waals surface area contributed by atoms with Gasteiger partial charge in [-0.1, -0.05) is 31.1 Å². The third kappa shape index (κ3) is 4.76. The van der Waals surface area contributed by atoms with Crippen molar-refractivity contribution in [3.8, 4) is 0 Å². The summed E-state index contributed by atoms with van der Waals surface area (Å²) in [6, 6.07) is 3.90. The maximum atomic E-state index is 6.40. The quantitative estimate of drug-likeness (QED) is 0.349. The Bertz CT molecular complexity index is 1250. The van der Waals surface area contributed by atoms with E-state index >= 15 is 0 Å². The first-order valence-corrected chi connectivity index (χ1v) is 12.6. The number of benzene rings is 1. The molecule has 166 valence electrons. The molecule has 0 fully saturated rings. The van der Waals surface area contributed by atoms with Gasteiger partial charge in [-0.05, 0) is 25.5 Å². The van der Waals surface area contributed by atoms with Crippen LogP contribution >= 0.6 is 31.1 Å². The molecule has 0 saturated heterocycles. The summed E-state index contributed by atoms with van der Waals surface area (Å²) in [6.45, 7) is 5.38. The zero-order valence-electron chi connectivity index (χ0n) is 17.7. The van der Waals surface area contributed by atoms with Gasteiger partial charge in [0.2, 0.25) is 5.95 Å². The molecule has 12 heteroatoms. The fourth-order valence-corrected chi connectivity index (χ4v) is 4.70. The molecule has 0 aliphatic heterocycles. The van der Waals surface area contributed by atoms with Crippen molar-refractivity contribution in [1.82, 2.24) is 29.7 Å². The third-order valence-electron chi connectivity index (χ3n) is 4.59. The first kappa shape index (κ1) is 22.6. The van der Waals surface area contributed by atoms with Gasteiger partial charge in [0, 0.05) is 30.5 Å². The molecular weight excluding hydrogens is 470 g/mol. The summed E-state index contributed by atoms with van der Waals surface area (Å²) >= 11 is 12.8. The van der Waals surface area contributed by atoms with E-state index in [0.29, 0.717) is 40.8 Å². The van der Waals surface area contributed by atoms with Crippen LogP contribution in [0.5, 0.6) is 0 Å². The Morgan fingerprint density at radius 3 is 2.62 bits per heavy atom. The van der Waals surface area contributed by atoms with Crippen molar-refractivity contribution in [2.75, 3.05) is 37.7 Å². The highest BCUT2D eigenvalue weighted by Gasteiger charge is 2.16. The van der Waals surface area contributed by atoms with Gasteiger partial charge in [-0.25, -0.2) is 9.67 Å². The molecule has 1 aromatic carbocycles. The Morgan fingerprint density at radius 2 is 1.84 bits per heavy atom. The van der Waals surface area contributed by atoms with Gasteiger partial charge < -0.3 is 15.4 Å². The van der Waals surface area contributed by atoms with E-state index in [1.54, 1.807) is 30.4 Å². The molecule has 0 saturated carbocycles. The number of aromatic nitrogens is 6. The predicted octanol–water partition coefficient (Wildman–Crippen LogP) is 4.42. The molecule has 0 bridgehead atoms. The van der Waals surface area contributed by atoms with Crippen molar-refractivity contribution < 1.29 is 4.74 Å². The smallest absolute Gasteiger partial charge is 0.229 e. The highest BCUT2D eigenvalue weighted by Crippen LogP contribution is 2.34. The van der Waals surface area contributed by atoms with E-state index in [0.717, 1.165) is 22.0 Å². The minimum atomic E-state index is -0.482. The number of halogens is 2. The lowest BCUT2D eigenvalue weighted by Gasteiger charge is -2.17. The van der Waals surface area contributed by atoms with Crippen molar-refractivity contribution >= 4 is 70.6 Å². The number of methoxy groups -OCH3 is 1. The Labute approximate surface area is 196 Å². The van der Waals surface area contributed by atoms with E-state index < -0.39 is 7.92 Å². The molecule has 0 unspecified atom stereocenters. The van der Waals surface area contributed by atoms with Crippen LogP contribution in [0.25, 0.3) is 11.0 Å². The Morgan fingerprint density at radius 1 is 1.03 bits per heavy atom. The Balaban J connectivity index is 1.63. The molecule has 9 nitrogen and oxygen atoms in total. The second kappa shape index (κ2) is 9.92. The number of fused-ring (bicyclic) bond motifs is 1. The Kier molecular flexibility index (Phi) is 7.01. The van der Waals surface area contributed by atoms with Crippen LogP contribution in [-0.2, 0) is 11.3 Å². The van der Waals surface area contributed by atoms with Crippen LogP contribution in [0.4, 0.5) is 23.1 Å². The van der Waals surface area contributed by atoms with E-state index in [-0.39, 0.29) is 0 Å². The summed E-state index contributed by atoms with van der Waals surface area (Å²) in [5, 5.41) is 12.6. The largest absolute Gasteiger partial charge is 0.383 e. The van der Waals surface area contributed by atoms with Crippen molar-refractivity contribution in [1.29, 1.82) is 0 Å².